The summed E-state index contributed by atoms with van der Waals surface area (Å²) in [6.07, 6.45) is 5.78. The summed E-state index contributed by atoms with van der Waals surface area (Å²) < 4.78 is 0. The molecule has 0 amide bonds. The maximum Gasteiger partial charge on any atom is 0.0465 e. The molecule has 0 aromatic rings. The average molecular weight is 125 g/mol. The van der Waals surface area contributed by atoms with Gasteiger partial charge in [0.15, 0.2) is 0 Å². The van der Waals surface area contributed by atoms with E-state index in [4.69, 9.17) is 0 Å². The first-order chi connectivity index (χ1) is 4.31. The minimum Gasteiger partial charge on any atom is -0.294 e. The van der Waals surface area contributed by atoms with Crippen LogP contribution in [0.3, 0.4) is 0 Å². The van der Waals surface area contributed by atoms with E-state index in [0.717, 1.165) is 12.8 Å². The Labute approximate surface area is 57.5 Å². The summed E-state index contributed by atoms with van der Waals surface area (Å²) in [5, 5.41) is 0. The normalized spacial score (nSPS) is 14.0. The lowest BCUT2D eigenvalue weighted by Gasteiger charge is -1.97. The van der Waals surface area contributed by atoms with Gasteiger partial charge in [-0.15, -0.1) is 6.58 Å². The van der Waals surface area contributed by atoms with Gasteiger partial charge in [0.05, 0.1) is 0 Å². The summed E-state index contributed by atoms with van der Waals surface area (Å²) >= 11 is 0. The molecule has 1 heteroatoms. The summed E-state index contributed by atoms with van der Waals surface area (Å²) in [6, 6.07) is 0.477. The van der Waals surface area contributed by atoms with Crippen molar-refractivity contribution in [1.29, 1.82) is 0 Å². The molecule has 1 atom stereocenters. The Morgan fingerprint density at radius 1 is 1.67 bits per heavy atom. The van der Waals surface area contributed by atoms with Crippen LogP contribution in [0.5, 0.6) is 0 Å². The molecule has 0 aromatic carbocycles. The average Bonchev–Trinajstić information content (AvgIpc) is 1.89. The second-order valence-corrected chi connectivity index (χ2v) is 2.11. The van der Waals surface area contributed by atoms with Crippen molar-refractivity contribution in [3.8, 4) is 0 Å². The molecule has 0 fully saturated rings. The van der Waals surface area contributed by atoms with Crippen LogP contribution in [0.15, 0.2) is 17.6 Å². The maximum atomic E-state index is 4.24. The molecule has 0 spiro atoms. The van der Waals surface area contributed by atoms with Gasteiger partial charge < -0.3 is 0 Å². The Morgan fingerprint density at radius 3 is 2.78 bits per heavy atom. The SMILES string of the molecule is C=CCC=NC(C)CC. The highest BCUT2D eigenvalue weighted by atomic mass is 14.7. The van der Waals surface area contributed by atoms with Gasteiger partial charge >= 0.3 is 0 Å². The van der Waals surface area contributed by atoms with Crippen LogP contribution >= 0.6 is 0 Å². The van der Waals surface area contributed by atoms with Crippen molar-refractivity contribution in [2.75, 3.05) is 0 Å². The van der Waals surface area contributed by atoms with Crippen LogP contribution in [0, 0.1) is 0 Å². The van der Waals surface area contributed by atoms with Crippen LogP contribution in [-0.4, -0.2) is 12.3 Å². The van der Waals surface area contributed by atoms with E-state index in [9.17, 15) is 0 Å². The lowest BCUT2D eigenvalue weighted by atomic mass is 10.3. The predicted octanol–water partition coefficient (Wildman–Crippen LogP) is 2.43. The molecule has 1 nitrogen and oxygen atoms in total. The van der Waals surface area contributed by atoms with E-state index < -0.39 is 0 Å². The molecule has 9 heavy (non-hydrogen) atoms. The number of hydrogen-bond donors (Lipinski definition) is 0. The second-order valence-electron chi connectivity index (χ2n) is 2.11. The van der Waals surface area contributed by atoms with Gasteiger partial charge in [0.2, 0.25) is 0 Å². The van der Waals surface area contributed by atoms with Crippen LogP contribution in [-0.2, 0) is 0 Å². The van der Waals surface area contributed by atoms with Gasteiger partial charge in [-0.2, -0.15) is 0 Å². The zero-order valence-electron chi connectivity index (χ0n) is 6.30. The minimum absolute atomic E-state index is 0.477. The van der Waals surface area contributed by atoms with E-state index in [1.165, 1.54) is 0 Å². The predicted molar refractivity (Wildman–Crippen MR) is 43.1 cm³/mol. The highest BCUT2D eigenvalue weighted by Crippen LogP contribution is 1.93. The smallest absolute Gasteiger partial charge is 0.0465 e. The van der Waals surface area contributed by atoms with Gasteiger partial charge in [-0.05, 0) is 19.8 Å². The van der Waals surface area contributed by atoms with Gasteiger partial charge in [-0.3, -0.25) is 4.99 Å². The van der Waals surface area contributed by atoms with Crippen molar-refractivity contribution >= 4 is 6.21 Å². The largest absolute Gasteiger partial charge is 0.294 e. The number of hydrogen-bond acceptors (Lipinski definition) is 1. The standard InChI is InChI=1S/C8H15N/c1-4-6-7-9-8(3)5-2/h4,7-8H,1,5-6H2,2-3H3. The van der Waals surface area contributed by atoms with E-state index >= 15 is 0 Å². The molecule has 0 N–H and O–H groups in total. The third-order valence-corrected chi connectivity index (χ3v) is 1.22. The van der Waals surface area contributed by atoms with Crippen LogP contribution in [0.4, 0.5) is 0 Å². The van der Waals surface area contributed by atoms with E-state index in [2.05, 4.69) is 25.4 Å². The fraction of sp³-hybridized carbons (Fsp3) is 0.625. The van der Waals surface area contributed by atoms with Crippen molar-refractivity contribution < 1.29 is 0 Å². The summed E-state index contributed by atoms with van der Waals surface area (Å²) in [6.45, 7) is 7.84. The molecule has 0 aliphatic carbocycles. The highest BCUT2D eigenvalue weighted by Gasteiger charge is 1.88. The molecule has 0 bridgehead atoms. The van der Waals surface area contributed by atoms with Crippen LogP contribution < -0.4 is 0 Å². The zero-order chi connectivity index (χ0) is 7.11. The highest BCUT2D eigenvalue weighted by molar-refractivity contribution is 5.59. The second kappa shape index (κ2) is 5.54. The Bertz CT molecular complexity index is 94.7. The van der Waals surface area contributed by atoms with E-state index in [-0.39, 0.29) is 0 Å². The number of rotatable bonds is 4. The van der Waals surface area contributed by atoms with Crippen LogP contribution in [0.2, 0.25) is 0 Å². The van der Waals surface area contributed by atoms with E-state index in [0.29, 0.717) is 6.04 Å². The first-order valence-electron chi connectivity index (χ1n) is 3.43. The Kier molecular flexibility index (Phi) is 5.18. The molecule has 0 heterocycles. The minimum atomic E-state index is 0.477. The van der Waals surface area contributed by atoms with Gasteiger partial charge in [-0.25, -0.2) is 0 Å². The maximum absolute atomic E-state index is 4.24. The van der Waals surface area contributed by atoms with E-state index in [1.807, 2.05) is 12.3 Å². The summed E-state index contributed by atoms with van der Waals surface area (Å²) in [5.74, 6) is 0. The number of aliphatic imine (C=N–C) groups is 1. The number of nitrogens with zero attached hydrogens (tertiary/aromatic N) is 1. The Morgan fingerprint density at radius 2 is 2.33 bits per heavy atom. The lowest BCUT2D eigenvalue weighted by molar-refractivity contribution is 0.719. The lowest BCUT2D eigenvalue weighted by Crippen LogP contribution is -1.93. The first-order valence-corrected chi connectivity index (χ1v) is 3.43. The zero-order valence-corrected chi connectivity index (χ0v) is 6.30. The molecule has 1 unspecified atom stereocenters. The molecule has 0 saturated heterocycles. The quantitative estimate of drug-likeness (QED) is 0.404. The molecular formula is C8H15N. The molecule has 0 aromatic heterocycles. The Hall–Kier alpha value is -0.590. The van der Waals surface area contributed by atoms with Gasteiger partial charge in [-0.1, -0.05) is 13.0 Å². The number of allylic oxidation sites excluding steroid dienone is 1. The monoisotopic (exact) mass is 125 g/mol. The Balaban J connectivity index is 3.31. The van der Waals surface area contributed by atoms with Gasteiger partial charge in [0, 0.05) is 12.3 Å². The van der Waals surface area contributed by atoms with Gasteiger partial charge in [0.25, 0.3) is 0 Å². The molecule has 0 aliphatic heterocycles. The van der Waals surface area contributed by atoms with Crippen molar-refractivity contribution in [3.63, 3.8) is 0 Å². The summed E-state index contributed by atoms with van der Waals surface area (Å²) in [4.78, 5) is 4.24. The third-order valence-electron chi connectivity index (χ3n) is 1.22. The van der Waals surface area contributed by atoms with E-state index in [1.54, 1.807) is 0 Å². The third kappa shape index (κ3) is 5.28. The van der Waals surface area contributed by atoms with Crippen molar-refractivity contribution in [1.82, 2.24) is 0 Å². The van der Waals surface area contributed by atoms with Crippen molar-refractivity contribution in [2.45, 2.75) is 32.7 Å². The molecule has 0 aliphatic rings. The van der Waals surface area contributed by atoms with Gasteiger partial charge in [0.1, 0.15) is 0 Å². The summed E-state index contributed by atoms with van der Waals surface area (Å²) in [5.41, 5.74) is 0. The molecule has 52 valence electrons. The van der Waals surface area contributed by atoms with Crippen LogP contribution in [0.1, 0.15) is 26.7 Å². The first kappa shape index (κ1) is 8.41. The van der Waals surface area contributed by atoms with Crippen LogP contribution in [0.25, 0.3) is 0 Å². The molecule has 0 radical (unpaired) electrons. The fourth-order valence-corrected chi connectivity index (χ4v) is 0.421. The van der Waals surface area contributed by atoms with Crippen molar-refractivity contribution in [2.24, 2.45) is 4.99 Å². The topological polar surface area (TPSA) is 12.4 Å². The fourth-order valence-electron chi connectivity index (χ4n) is 0.421. The summed E-state index contributed by atoms with van der Waals surface area (Å²) in [7, 11) is 0. The molecule has 0 rings (SSSR count). The molecule has 0 saturated carbocycles. The van der Waals surface area contributed by atoms with Crippen molar-refractivity contribution in [3.05, 3.63) is 12.7 Å². The molecular weight excluding hydrogens is 110 g/mol.